The number of ether oxygens (including phenoxy) is 1. The zero-order chi connectivity index (χ0) is 14.2. The van der Waals surface area contributed by atoms with Crippen molar-refractivity contribution in [3.63, 3.8) is 0 Å². The first-order chi connectivity index (χ1) is 10.3. The molecule has 104 valence electrons. The normalized spacial score (nSPS) is 14.1. The lowest BCUT2D eigenvalue weighted by Gasteiger charge is -2.18. The van der Waals surface area contributed by atoms with Crippen LogP contribution in [0.1, 0.15) is 11.3 Å². The van der Waals surface area contributed by atoms with Crippen molar-refractivity contribution < 1.29 is 4.74 Å². The summed E-state index contributed by atoms with van der Waals surface area (Å²) >= 11 is 0. The molecule has 0 atom stereocenters. The summed E-state index contributed by atoms with van der Waals surface area (Å²) in [5, 5.41) is 1.07. The maximum absolute atomic E-state index is 6.07. The summed E-state index contributed by atoms with van der Waals surface area (Å²) in [5.74, 6) is 1.14. The second kappa shape index (κ2) is 4.79. The molecule has 2 N–H and O–H groups in total. The molecule has 0 saturated carbocycles. The lowest BCUT2D eigenvalue weighted by Crippen LogP contribution is -2.16. The number of benzene rings is 1. The quantitative estimate of drug-likeness (QED) is 0.739. The molecule has 0 bridgehead atoms. The smallest absolute Gasteiger partial charge is 0.163 e. The van der Waals surface area contributed by atoms with Gasteiger partial charge in [0.25, 0.3) is 0 Å². The van der Waals surface area contributed by atoms with E-state index in [4.69, 9.17) is 10.5 Å². The Hall–Kier alpha value is -2.53. The van der Waals surface area contributed by atoms with E-state index in [1.807, 2.05) is 30.3 Å². The monoisotopic (exact) mass is 278 g/mol. The number of nitrogen functional groups attached to an aromatic ring is 1. The van der Waals surface area contributed by atoms with Crippen molar-refractivity contribution in [2.45, 2.75) is 13.0 Å². The Balaban J connectivity index is 1.95. The second-order valence-corrected chi connectivity index (χ2v) is 5.04. The number of hydrogen-bond acceptors (Lipinski definition) is 5. The number of pyridine rings is 1. The third kappa shape index (κ3) is 2.02. The standard InChI is InChI=1S/C16H14N4O/c17-15-12-9-21-8-6-13(12)19-16(20-15)11-5-1-3-10-4-2-7-18-14(10)11/h1-5,7H,6,8-9H2,(H2,17,19,20). The molecule has 0 spiro atoms. The van der Waals surface area contributed by atoms with Crippen LogP contribution in [0.25, 0.3) is 22.3 Å². The maximum atomic E-state index is 6.07. The van der Waals surface area contributed by atoms with Crippen molar-refractivity contribution in [1.29, 1.82) is 0 Å². The van der Waals surface area contributed by atoms with E-state index in [0.29, 0.717) is 24.9 Å². The summed E-state index contributed by atoms with van der Waals surface area (Å²) in [4.78, 5) is 13.6. The molecule has 4 rings (SSSR count). The predicted octanol–water partition coefficient (Wildman–Crippen LogP) is 2.35. The van der Waals surface area contributed by atoms with Crippen molar-refractivity contribution in [3.8, 4) is 11.4 Å². The van der Waals surface area contributed by atoms with Gasteiger partial charge in [-0.25, -0.2) is 9.97 Å². The molecule has 1 aromatic carbocycles. The largest absolute Gasteiger partial charge is 0.383 e. The number of anilines is 1. The Kier molecular flexibility index (Phi) is 2.79. The van der Waals surface area contributed by atoms with Crippen LogP contribution in [0.15, 0.2) is 36.5 Å². The molecule has 0 unspecified atom stereocenters. The molecule has 0 aliphatic carbocycles. The van der Waals surface area contributed by atoms with Crippen LogP contribution in [0.4, 0.5) is 5.82 Å². The summed E-state index contributed by atoms with van der Waals surface area (Å²) in [6.45, 7) is 1.17. The van der Waals surface area contributed by atoms with Gasteiger partial charge in [-0.15, -0.1) is 0 Å². The lowest BCUT2D eigenvalue weighted by molar-refractivity contribution is 0.109. The van der Waals surface area contributed by atoms with Crippen molar-refractivity contribution in [2.75, 3.05) is 12.3 Å². The highest BCUT2D eigenvalue weighted by molar-refractivity contribution is 5.91. The first-order valence-corrected chi connectivity index (χ1v) is 6.90. The molecule has 2 aromatic heterocycles. The van der Waals surface area contributed by atoms with E-state index in [9.17, 15) is 0 Å². The topological polar surface area (TPSA) is 73.9 Å². The highest BCUT2D eigenvalue weighted by Crippen LogP contribution is 2.28. The Morgan fingerprint density at radius 3 is 2.95 bits per heavy atom. The zero-order valence-electron chi connectivity index (χ0n) is 11.4. The van der Waals surface area contributed by atoms with Crippen LogP contribution in [0, 0.1) is 0 Å². The fraction of sp³-hybridized carbons (Fsp3) is 0.188. The SMILES string of the molecule is Nc1nc(-c2cccc3cccnc23)nc2c1COCC2. The van der Waals surface area contributed by atoms with Crippen LogP contribution in [-0.2, 0) is 17.8 Å². The van der Waals surface area contributed by atoms with Crippen LogP contribution in [0.2, 0.25) is 0 Å². The molecule has 1 aliphatic rings. The number of rotatable bonds is 1. The van der Waals surface area contributed by atoms with Gasteiger partial charge in [-0.1, -0.05) is 18.2 Å². The number of aromatic nitrogens is 3. The molecular weight excluding hydrogens is 264 g/mol. The number of fused-ring (bicyclic) bond motifs is 2. The van der Waals surface area contributed by atoms with E-state index in [1.165, 1.54) is 0 Å². The third-order valence-corrected chi connectivity index (χ3v) is 3.73. The summed E-state index contributed by atoms with van der Waals surface area (Å²) in [5.41, 5.74) is 9.78. The number of hydrogen-bond donors (Lipinski definition) is 1. The molecule has 21 heavy (non-hydrogen) atoms. The minimum Gasteiger partial charge on any atom is -0.383 e. The van der Waals surface area contributed by atoms with Crippen LogP contribution in [0.5, 0.6) is 0 Å². The minimum absolute atomic E-state index is 0.495. The molecule has 0 radical (unpaired) electrons. The van der Waals surface area contributed by atoms with Gasteiger partial charge < -0.3 is 10.5 Å². The average Bonchev–Trinajstić information content (AvgIpc) is 2.54. The van der Waals surface area contributed by atoms with E-state index in [1.54, 1.807) is 6.20 Å². The van der Waals surface area contributed by atoms with Crippen LogP contribution in [0.3, 0.4) is 0 Å². The van der Waals surface area contributed by atoms with Crippen LogP contribution < -0.4 is 5.73 Å². The number of nitrogens with zero attached hydrogens (tertiary/aromatic N) is 3. The molecule has 0 fully saturated rings. The predicted molar refractivity (Wildman–Crippen MR) is 80.5 cm³/mol. The Labute approximate surface area is 121 Å². The highest BCUT2D eigenvalue weighted by atomic mass is 16.5. The van der Waals surface area contributed by atoms with Gasteiger partial charge in [0, 0.05) is 29.1 Å². The molecule has 5 heteroatoms. The number of nitrogens with two attached hydrogens (primary N) is 1. The van der Waals surface area contributed by atoms with Gasteiger partial charge in [0.2, 0.25) is 0 Å². The van der Waals surface area contributed by atoms with Crippen molar-refractivity contribution in [2.24, 2.45) is 0 Å². The van der Waals surface area contributed by atoms with Crippen molar-refractivity contribution in [1.82, 2.24) is 15.0 Å². The summed E-state index contributed by atoms with van der Waals surface area (Å²) < 4.78 is 5.42. The van der Waals surface area contributed by atoms with Crippen LogP contribution >= 0.6 is 0 Å². The van der Waals surface area contributed by atoms with Gasteiger partial charge in [0.1, 0.15) is 5.82 Å². The fourth-order valence-corrected chi connectivity index (χ4v) is 2.66. The van der Waals surface area contributed by atoms with E-state index in [-0.39, 0.29) is 0 Å². The minimum atomic E-state index is 0.495. The Morgan fingerprint density at radius 2 is 2.00 bits per heavy atom. The summed E-state index contributed by atoms with van der Waals surface area (Å²) in [7, 11) is 0. The molecule has 0 amide bonds. The zero-order valence-corrected chi connectivity index (χ0v) is 11.4. The van der Waals surface area contributed by atoms with Gasteiger partial charge in [0.05, 0.1) is 24.4 Å². The maximum Gasteiger partial charge on any atom is 0.163 e. The molecule has 0 saturated heterocycles. The molecule has 3 heterocycles. The fourth-order valence-electron chi connectivity index (χ4n) is 2.66. The Morgan fingerprint density at radius 1 is 1.10 bits per heavy atom. The molecular formula is C16H14N4O. The molecule has 1 aliphatic heterocycles. The molecule has 5 nitrogen and oxygen atoms in total. The van der Waals surface area contributed by atoms with E-state index in [2.05, 4.69) is 15.0 Å². The first kappa shape index (κ1) is 12.2. The van der Waals surface area contributed by atoms with E-state index < -0.39 is 0 Å². The van der Waals surface area contributed by atoms with Gasteiger partial charge in [-0.05, 0) is 12.1 Å². The van der Waals surface area contributed by atoms with E-state index >= 15 is 0 Å². The van der Waals surface area contributed by atoms with Gasteiger partial charge in [0.15, 0.2) is 5.82 Å². The first-order valence-electron chi connectivity index (χ1n) is 6.90. The third-order valence-electron chi connectivity index (χ3n) is 3.73. The highest BCUT2D eigenvalue weighted by Gasteiger charge is 2.18. The van der Waals surface area contributed by atoms with Gasteiger partial charge >= 0.3 is 0 Å². The average molecular weight is 278 g/mol. The van der Waals surface area contributed by atoms with Crippen molar-refractivity contribution in [3.05, 3.63) is 47.8 Å². The van der Waals surface area contributed by atoms with E-state index in [0.717, 1.165) is 34.1 Å². The summed E-state index contributed by atoms with van der Waals surface area (Å²) in [6, 6.07) is 9.95. The van der Waals surface area contributed by atoms with Crippen LogP contribution in [-0.4, -0.2) is 21.6 Å². The van der Waals surface area contributed by atoms with Crippen molar-refractivity contribution >= 4 is 16.7 Å². The van der Waals surface area contributed by atoms with Gasteiger partial charge in [-0.2, -0.15) is 0 Å². The summed E-state index contributed by atoms with van der Waals surface area (Å²) in [6.07, 6.45) is 2.55. The van der Waals surface area contributed by atoms with Gasteiger partial charge in [-0.3, -0.25) is 4.98 Å². The lowest BCUT2D eigenvalue weighted by atomic mass is 10.1. The molecule has 3 aromatic rings. The Bertz CT molecular complexity index is 826. The number of para-hydroxylation sites is 1. The second-order valence-electron chi connectivity index (χ2n) is 5.04.